The van der Waals surface area contributed by atoms with Gasteiger partial charge in [0, 0.05) is 78.4 Å². The summed E-state index contributed by atoms with van der Waals surface area (Å²) in [5.41, 5.74) is 10.3. The van der Waals surface area contributed by atoms with Crippen LogP contribution in [0.5, 0.6) is 0 Å². The maximum Gasteiger partial charge on any atom is 0.300 e. The zero-order valence-corrected chi connectivity index (χ0v) is 18.9. The Hall–Kier alpha value is -2.23. The first-order valence-corrected chi connectivity index (χ1v) is 7.16. The summed E-state index contributed by atoms with van der Waals surface area (Å²) in [6.07, 6.45) is 0. The summed E-state index contributed by atoms with van der Waals surface area (Å²) in [7, 11) is 0. The van der Waals surface area contributed by atoms with Gasteiger partial charge in [-0.3, -0.25) is 24.0 Å². The maximum absolute atomic E-state index is 9.00. The van der Waals surface area contributed by atoms with E-state index >= 15 is 0 Å². The van der Waals surface area contributed by atoms with Crippen LogP contribution < -0.4 is 16.8 Å². The van der Waals surface area contributed by atoms with Crippen molar-refractivity contribution < 1.29 is 49.5 Å². The number of nitrogens with one attached hydrogen (secondary N) is 1. The second kappa shape index (κ2) is 44.3. The Morgan fingerprint density at radius 2 is 0.679 bits per heavy atom. The minimum Gasteiger partial charge on any atom is -0.481 e. The van der Waals surface area contributed by atoms with E-state index in [0.29, 0.717) is 13.1 Å². The molecule has 0 rings (SSSR count). The van der Waals surface area contributed by atoms with Crippen molar-refractivity contribution in [1.82, 2.24) is 5.32 Å². The molecule has 0 saturated heterocycles. The molecule has 14 heteroatoms. The van der Waals surface area contributed by atoms with Gasteiger partial charge in [-0.15, -0.1) is 0 Å². The van der Waals surface area contributed by atoms with E-state index in [4.69, 9.17) is 61.0 Å². The number of hydrogen-bond acceptors (Lipinski definition) is 8. The van der Waals surface area contributed by atoms with Gasteiger partial charge in [-0.1, -0.05) is 0 Å². The molecule has 0 saturated carbocycles. The Labute approximate surface area is 175 Å². The number of carbonyl (C=O) groups is 5. The van der Waals surface area contributed by atoms with Crippen LogP contribution in [-0.4, -0.2) is 99.2 Å². The molecule has 13 nitrogen and oxygen atoms in total. The van der Waals surface area contributed by atoms with Crippen molar-refractivity contribution in [2.24, 2.45) is 11.5 Å². The molecule has 0 spiro atoms. The summed E-state index contributed by atoms with van der Waals surface area (Å²) in [5.74, 6) is -4.17. The van der Waals surface area contributed by atoms with Gasteiger partial charge in [0.25, 0.3) is 29.8 Å². The number of rotatable bonds is 4. The molecule has 0 aromatic carbocycles. The molecule has 0 aromatic rings. The molecule has 28 heavy (non-hydrogen) atoms. The average Bonchev–Trinajstić information content (AvgIpc) is 2.35. The van der Waals surface area contributed by atoms with Crippen molar-refractivity contribution in [3.63, 3.8) is 0 Å². The predicted molar refractivity (Wildman–Crippen MR) is 103 cm³/mol. The number of carboxylic acids is 5. The van der Waals surface area contributed by atoms with E-state index in [1.54, 1.807) is 0 Å². The van der Waals surface area contributed by atoms with E-state index in [9.17, 15) is 0 Å². The van der Waals surface area contributed by atoms with E-state index in [1.807, 2.05) is 0 Å². The number of aliphatic carboxylic acids is 5. The van der Waals surface area contributed by atoms with Crippen LogP contribution in [0.1, 0.15) is 34.6 Å². The second-order valence-electron chi connectivity index (χ2n) is 3.92. The van der Waals surface area contributed by atoms with Crippen molar-refractivity contribution in [3.05, 3.63) is 0 Å². The Kier molecular flexibility index (Phi) is 71.0. The molecule has 0 aliphatic heterocycles. The monoisotopic (exact) mass is 477 g/mol. The molecule has 0 heterocycles. The minimum atomic E-state index is -0.833. The van der Waals surface area contributed by atoms with Crippen molar-refractivity contribution in [1.29, 1.82) is 0 Å². The average molecular weight is 476 g/mol. The summed E-state index contributed by atoms with van der Waals surface area (Å²) in [6, 6.07) is 0. The third-order valence-corrected chi connectivity index (χ3v) is 0.642. The Balaban J connectivity index is -0.0000000382. The summed E-state index contributed by atoms with van der Waals surface area (Å²) in [4.78, 5) is 45.0. The van der Waals surface area contributed by atoms with Gasteiger partial charge < -0.3 is 42.3 Å². The van der Waals surface area contributed by atoms with E-state index < -0.39 is 29.8 Å². The molecule has 0 fully saturated rings. The largest absolute Gasteiger partial charge is 0.481 e. The van der Waals surface area contributed by atoms with Gasteiger partial charge in [0.2, 0.25) is 0 Å². The first kappa shape index (κ1) is 44.9. The van der Waals surface area contributed by atoms with E-state index in [1.165, 1.54) is 0 Å². The van der Waals surface area contributed by atoms with E-state index in [2.05, 4.69) is 5.32 Å². The quantitative estimate of drug-likeness (QED) is 0.171. The molecule has 0 aromatic heterocycles. The van der Waals surface area contributed by atoms with Crippen LogP contribution in [0, 0.1) is 0 Å². The van der Waals surface area contributed by atoms with E-state index in [-0.39, 0.29) is 17.6 Å². The van der Waals surface area contributed by atoms with Gasteiger partial charge in [-0.2, -0.15) is 0 Å². The molecule has 0 aliphatic rings. The van der Waals surface area contributed by atoms with Crippen LogP contribution in [-0.2, 0) is 24.0 Å². The summed E-state index contributed by atoms with van der Waals surface area (Å²) < 4.78 is 0. The van der Waals surface area contributed by atoms with Gasteiger partial charge in [-0.05, 0) is 0 Å². The normalized spacial score (nSPS) is 6.82. The fourth-order valence-electron chi connectivity index (χ4n) is 0.329. The van der Waals surface area contributed by atoms with Gasteiger partial charge in [0.1, 0.15) is 0 Å². The zero-order valence-electron chi connectivity index (χ0n) is 16.8. The van der Waals surface area contributed by atoms with Crippen LogP contribution in [0.3, 0.4) is 0 Å². The number of nitrogens with two attached hydrogens (primary N) is 2. The van der Waals surface area contributed by atoms with Crippen molar-refractivity contribution >= 4 is 47.4 Å². The van der Waals surface area contributed by atoms with Crippen molar-refractivity contribution in [2.45, 2.75) is 34.6 Å². The molecule has 4 radical (unpaired) electrons. The maximum atomic E-state index is 9.00. The van der Waals surface area contributed by atoms with Crippen molar-refractivity contribution in [3.8, 4) is 0 Å². The molecule has 0 amide bonds. The third-order valence-electron chi connectivity index (χ3n) is 0.642. The summed E-state index contributed by atoms with van der Waals surface area (Å²) in [6.45, 7) is 8.55. The fourth-order valence-corrected chi connectivity index (χ4v) is 0.329. The zero-order chi connectivity index (χ0) is 23.4. The van der Waals surface area contributed by atoms with Gasteiger partial charge >= 0.3 is 0 Å². The molecule has 10 N–H and O–H groups in total. The minimum absolute atomic E-state index is 0. The summed E-state index contributed by atoms with van der Waals surface area (Å²) >= 11 is 0. The third kappa shape index (κ3) is 3920. The SMILES string of the molecule is CC(=O)O.CC(=O)O.CC(=O)O.CC(=O)O.CC(=O)O.NCCNCCN.[Ge]. The Bertz CT molecular complexity index is 289. The molecular weight excluding hydrogens is 443 g/mol. The standard InChI is InChI=1S/C4H13N3.5C2H4O2.Ge/c5-1-3-7-4-2-6;5*1-2(3)4;/h7H,1-6H2;5*1H3,(H,3,4);. The molecule has 168 valence electrons. The Morgan fingerprint density at radius 3 is 0.750 bits per heavy atom. The van der Waals surface area contributed by atoms with Crippen LogP contribution in [0.2, 0.25) is 0 Å². The fraction of sp³-hybridized carbons (Fsp3) is 0.643. The van der Waals surface area contributed by atoms with Crippen LogP contribution in [0.25, 0.3) is 0 Å². The van der Waals surface area contributed by atoms with Gasteiger partial charge in [0.15, 0.2) is 0 Å². The molecule has 0 bridgehead atoms. The predicted octanol–water partition coefficient (Wildman–Crippen LogP) is -1.43. The van der Waals surface area contributed by atoms with Crippen LogP contribution in [0.15, 0.2) is 0 Å². The first-order chi connectivity index (χ1) is 12.1. The second-order valence-corrected chi connectivity index (χ2v) is 3.92. The molecule has 0 atom stereocenters. The molecule has 0 unspecified atom stereocenters. The Morgan fingerprint density at radius 1 is 0.571 bits per heavy atom. The topological polar surface area (TPSA) is 251 Å². The molecule has 0 aliphatic carbocycles. The van der Waals surface area contributed by atoms with Gasteiger partial charge in [0.05, 0.1) is 0 Å². The van der Waals surface area contributed by atoms with Crippen LogP contribution >= 0.6 is 0 Å². The number of hydrogen-bond donors (Lipinski definition) is 8. The number of carboxylic acid groups (broad SMARTS) is 5. The van der Waals surface area contributed by atoms with Crippen molar-refractivity contribution in [2.75, 3.05) is 26.2 Å². The van der Waals surface area contributed by atoms with Gasteiger partial charge in [-0.25, -0.2) is 0 Å². The first-order valence-electron chi connectivity index (χ1n) is 7.16. The summed E-state index contributed by atoms with van der Waals surface area (Å²) in [5, 5.41) is 40.1. The van der Waals surface area contributed by atoms with E-state index in [0.717, 1.165) is 47.7 Å². The smallest absolute Gasteiger partial charge is 0.300 e. The molecular formula is C14H33GeN3O10. The van der Waals surface area contributed by atoms with Crippen LogP contribution in [0.4, 0.5) is 0 Å².